The summed E-state index contributed by atoms with van der Waals surface area (Å²) in [6.07, 6.45) is 3.56. The van der Waals surface area contributed by atoms with Crippen molar-refractivity contribution in [1.82, 2.24) is 9.47 Å². The third-order valence-electron chi connectivity index (χ3n) is 4.93. The smallest absolute Gasteiger partial charge is 0.0485 e. The first-order chi connectivity index (χ1) is 11.8. The van der Waals surface area contributed by atoms with Crippen LogP contribution in [0.5, 0.6) is 0 Å². The van der Waals surface area contributed by atoms with Gasteiger partial charge in [0, 0.05) is 42.8 Å². The Bertz CT molecular complexity index is 858. The van der Waals surface area contributed by atoms with Crippen LogP contribution in [-0.2, 0) is 13.1 Å². The van der Waals surface area contributed by atoms with Crippen molar-refractivity contribution in [3.05, 3.63) is 78.0 Å². The molecule has 0 saturated carbocycles. The van der Waals surface area contributed by atoms with Gasteiger partial charge in [-0.2, -0.15) is 0 Å². The van der Waals surface area contributed by atoms with E-state index in [2.05, 4.69) is 83.1 Å². The number of aryl methyl sites for hydroxylation is 1. The maximum Gasteiger partial charge on any atom is 0.0485 e. The van der Waals surface area contributed by atoms with Gasteiger partial charge < -0.3 is 4.57 Å². The zero-order valence-electron chi connectivity index (χ0n) is 14.3. The highest BCUT2D eigenvalue weighted by Gasteiger charge is 2.18. The lowest BCUT2D eigenvalue weighted by molar-refractivity contribution is 0.296. The van der Waals surface area contributed by atoms with Gasteiger partial charge in [0.15, 0.2) is 0 Å². The fourth-order valence-corrected chi connectivity index (χ4v) is 3.79. The van der Waals surface area contributed by atoms with E-state index in [4.69, 9.17) is 0 Å². The average Bonchev–Trinajstić information content (AvgIpc) is 3.01. The third kappa shape index (κ3) is 2.90. The van der Waals surface area contributed by atoms with E-state index in [1.807, 2.05) is 0 Å². The Labute approximate surface area is 144 Å². The van der Waals surface area contributed by atoms with Crippen molar-refractivity contribution in [3.8, 4) is 0 Å². The average molecular weight is 316 g/mol. The molecule has 24 heavy (non-hydrogen) atoms. The van der Waals surface area contributed by atoms with Crippen molar-refractivity contribution in [3.63, 3.8) is 0 Å². The Kier molecular flexibility index (Phi) is 4.22. The maximum absolute atomic E-state index is 2.56. The Balaban J connectivity index is 1.61. The molecule has 0 fully saturated rings. The Morgan fingerprint density at radius 3 is 2.58 bits per heavy atom. The summed E-state index contributed by atoms with van der Waals surface area (Å²) < 4.78 is 2.45. The van der Waals surface area contributed by atoms with Crippen LogP contribution in [0, 0.1) is 0 Å². The van der Waals surface area contributed by atoms with Gasteiger partial charge in [-0.3, -0.25) is 4.90 Å². The number of nitrogens with zero attached hydrogens (tertiary/aromatic N) is 2. The molecule has 1 aliphatic heterocycles. The molecule has 0 spiro atoms. The predicted molar refractivity (Wildman–Crippen MR) is 102 cm³/mol. The van der Waals surface area contributed by atoms with Crippen molar-refractivity contribution < 1.29 is 0 Å². The molecule has 0 amide bonds. The van der Waals surface area contributed by atoms with Crippen LogP contribution in [0.4, 0.5) is 0 Å². The van der Waals surface area contributed by atoms with Crippen LogP contribution in [0.3, 0.4) is 0 Å². The molecule has 0 saturated heterocycles. The maximum atomic E-state index is 2.56. The van der Waals surface area contributed by atoms with Gasteiger partial charge in [0.25, 0.3) is 0 Å². The van der Waals surface area contributed by atoms with Crippen molar-refractivity contribution in [2.45, 2.75) is 26.4 Å². The zero-order chi connectivity index (χ0) is 16.4. The van der Waals surface area contributed by atoms with Crippen LogP contribution >= 0.6 is 0 Å². The summed E-state index contributed by atoms with van der Waals surface area (Å²) >= 11 is 0. The topological polar surface area (TPSA) is 8.17 Å². The molecule has 3 aromatic rings. The third-order valence-corrected chi connectivity index (χ3v) is 4.93. The number of benzene rings is 2. The van der Waals surface area contributed by atoms with E-state index in [9.17, 15) is 0 Å². The van der Waals surface area contributed by atoms with Crippen LogP contribution in [0.15, 0.2) is 66.7 Å². The van der Waals surface area contributed by atoms with E-state index < -0.39 is 0 Å². The molecule has 2 heterocycles. The molecule has 0 aliphatic carbocycles. The summed E-state index contributed by atoms with van der Waals surface area (Å²) in [7, 11) is 0. The van der Waals surface area contributed by atoms with Gasteiger partial charge in [0.2, 0.25) is 0 Å². The first kappa shape index (κ1) is 15.2. The molecule has 0 unspecified atom stereocenters. The molecule has 2 nitrogen and oxygen atoms in total. The zero-order valence-corrected chi connectivity index (χ0v) is 14.3. The van der Waals surface area contributed by atoms with Gasteiger partial charge in [-0.1, -0.05) is 54.6 Å². The molecular formula is C22H24N2. The molecule has 0 bridgehead atoms. The standard InChI is InChI=1S/C22H24N2/c1-2-24-21-13-7-6-11-19(21)15-22(24)20-12-8-14-23(17-20)16-18-9-4-3-5-10-18/h3-7,9-13,15H,2,8,14,16-17H2,1H3. The Morgan fingerprint density at radius 1 is 0.958 bits per heavy atom. The summed E-state index contributed by atoms with van der Waals surface area (Å²) in [5.41, 5.74) is 5.59. The fraction of sp³-hybridized carbons (Fsp3) is 0.273. The van der Waals surface area contributed by atoms with Crippen molar-refractivity contribution in [2.75, 3.05) is 13.1 Å². The molecule has 122 valence electrons. The minimum absolute atomic E-state index is 1.01. The minimum Gasteiger partial charge on any atom is -0.341 e. The second kappa shape index (κ2) is 6.66. The highest BCUT2D eigenvalue weighted by molar-refractivity contribution is 5.86. The second-order valence-corrected chi connectivity index (χ2v) is 6.55. The van der Waals surface area contributed by atoms with Crippen LogP contribution in [0.2, 0.25) is 0 Å². The van der Waals surface area contributed by atoms with E-state index in [-0.39, 0.29) is 0 Å². The quantitative estimate of drug-likeness (QED) is 0.661. The van der Waals surface area contributed by atoms with Gasteiger partial charge >= 0.3 is 0 Å². The van der Waals surface area contributed by atoms with Crippen LogP contribution < -0.4 is 0 Å². The molecule has 0 radical (unpaired) electrons. The second-order valence-electron chi connectivity index (χ2n) is 6.55. The Hall–Kier alpha value is -2.32. The normalized spacial score (nSPS) is 15.6. The van der Waals surface area contributed by atoms with Gasteiger partial charge in [0.05, 0.1) is 0 Å². The summed E-state index contributed by atoms with van der Waals surface area (Å²) in [6, 6.07) is 21.9. The van der Waals surface area contributed by atoms with E-state index in [1.54, 1.807) is 0 Å². The summed E-state index contributed by atoms with van der Waals surface area (Å²) in [5.74, 6) is 0. The number of hydrogen-bond acceptors (Lipinski definition) is 1. The number of para-hydroxylation sites is 1. The van der Waals surface area contributed by atoms with Gasteiger partial charge in [0.1, 0.15) is 0 Å². The molecule has 2 heteroatoms. The van der Waals surface area contributed by atoms with Gasteiger partial charge in [-0.25, -0.2) is 0 Å². The van der Waals surface area contributed by atoms with Gasteiger partial charge in [-0.05, 0) is 36.6 Å². The molecule has 2 aromatic carbocycles. The van der Waals surface area contributed by atoms with E-state index in [1.165, 1.54) is 27.7 Å². The van der Waals surface area contributed by atoms with Crippen LogP contribution in [0.1, 0.15) is 24.6 Å². The predicted octanol–water partition coefficient (Wildman–Crippen LogP) is 4.95. The molecule has 4 rings (SSSR count). The minimum atomic E-state index is 1.01. The van der Waals surface area contributed by atoms with E-state index in [0.717, 1.165) is 32.6 Å². The van der Waals surface area contributed by atoms with E-state index >= 15 is 0 Å². The summed E-state index contributed by atoms with van der Waals surface area (Å²) in [6.45, 7) is 6.46. The summed E-state index contributed by atoms with van der Waals surface area (Å²) in [4.78, 5) is 2.56. The lowest BCUT2D eigenvalue weighted by Gasteiger charge is -2.28. The SMILES string of the molecule is CCn1c(C2=CCCN(Cc3ccccc3)C2)cc2ccccc21. The molecule has 0 atom stereocenters. The van der Waals surface area contributed by atoms with E-state index in [0.29, 0.717) is 0 Å². The van der Waals surface area contributed by atoms with Crippen molar-refractivity contribution in [1.29, 1.82) is 0 Å². The van der Waals surface area contributed by atoms with Crippen LogP contribution in [-0.4, -0.2) is 22.6 Å². The van der Waals surface area contributed by atoms with Crippen LogP contribution in [0.25, 0.3) is 16.5 Å². The molecule has 1 aromatic heterocycles. The molecule has 1 aliphatic rings. The number of hydrogen-bond donors (Lipinski definition) is 0. The van der Waals surface area contributed by atoms with Crippen molar-refractivity contribution in [2.24, 2.45) is 0 Å². The number of aromatic nitrogens is 1. The Morgan fingerprint density at radius 2 is 1.75 bits per heavy atom. The lowest BCUT2D eigenvalue weighted by Crippen LogP contribution is -2.29. The van der Waals surface area contributed by atoms with Crippen molar-refractivity contribution >= 4 is 16.5 Å². The number of rotatable bonds is 4. The monoisotopic (exact) mass is 316 g/mol. The largest absolute Gasteiger partial charge is 0.341 e. The highest BCUT2D eigenvalue weighted by atomic mass is 15.1. The lowest BCUT2D eigenvalue weighted by atomic mass is 10.1. The summed E-state index contributed by atoms with van der Waals surface area (Å²) in [5, 5.41) is 1.34. The first-order valence-electron chi connectivity index (χ1n) is 8.89. The molecular weight excluding hydrogens is 292 g/mol. The molecule has 0 N–H and O–H groups in total. The number of fused-ring (bicyclic) bond motifs is 1. The fourth-order valence-electron chi connectivity index (χ4n) is 3.79. The first-order valence-corrected chi connectivity index (χ1v) is 8.89. The van der Waals surface area contributed by atoms with Gasteiger partial charge in [-0.15, -0.1) is 0 Å². The highest BCUT2D eigenvalue weighted by Crippen LogP contribution is 2.28.